The largest absolute Gasteiger partial charge is 0.475 e. The molecule has 0 saturated heterocycles. The van der Waals surface area contributed by atoms with Crippen molar-refractivity contribution < 1.29 is 19.1 Å². The molecule has 0 aromatic carbocycles. The van der Waals surface area contributed by atoms with Crippen molar-refractivity contribution in [2.45, 2.75) is 13.5 Å². The van der Waals surface area contributed by atoms with Crippen molar-refractivity contribution in [3.8, 4) is 0 Å². The summed E-state index contributed by atoms with van der Waals surface area (Å²) in [7, 11) is 3.35. The van der Waals surface area contributed by atoms with E-state index in [0.29, 0.717) is 12.3 Å². The lowest BCUT2D eigenvalue weighted by Gasteiger charge is -2.10. The molecule has 0 aliphatic carbocycles. The average molecular weight is 240 g/mol. The Labute approximate surface area is 99.2 Å². The van der Waals surface area contributed by atoms with Crippen molar-refractivity contribution in [1.82, 2.24) is 10.2 Å². The van der Waals surface area contributed by atoms with Gasteiger partial charge in [0.15, 0.2) is 0 Å². The van der Waals surface area contributed by atoms with Gasteiger partial charge in [-0.3, -0.25) is 4.79 Å². The van der Waals surface area contributed by atoms with Crippen LogP contribution in [0.4, 0.5) is 0 Å². The fourth-order valence-electron chi connectivity index (χ4n) is 1.26. The summed E-state index contributed by atoms with van der Waals surface area (Å²) < 4.78 is 5.05. The first-order valence-electron chi connectivity index (χ1n) is 5.15. The Morgan fingerprint density at radius 3 is 2.59 bits per heavy atom. The minimum atomic E-state index is -1.09. The fourth-order valence-corrected chi connectivity index (χ4v) is 1.26. The van der Waals surface area contributed by atoms with Gasteiger partial charge in [0.25, 0.3) is 0 Å². The molecule has 0 fully saturated rings. The quantitative estimate of drug-likeness (QED) is 0.781. The molecule has 0 aliphatic heterocycles. The van der Waals surface area contributed by atoms with Crippen molar-refractivity contribution >= 4 is 11.9 Å². The average Bonchev–Trinajstić information content (AvgIpc) is 2.60. The topological polar surface area (TPSA) is 82.8 Å². The van der Waals surface area contributed by atoms with Crippen LogP contribution in [0.25, 0.3) is 0 Å². The maximum absolute atomic E-state index is 11.3. The van der Waals surface area contributed by atoms with Gasteiger partial charge in [-0.25, -0.2) is 4.79 Å². The lowest BCUT2D eigenvalue weighted by atomic mass is 10.2. The molecule has 1 aromatic heterocycles. The number of hydrogen-bond donors (Lipinski definition) is 2. The zero-order valence-electron chi connectivity index (χ0n) is 10.1. The molecule has 0 saturated carbocycles. The van der Waals surface area contributed by atoms with Gasteiger partial charge in [-0.05, 0) is 13.0 Å². The number of hydrogen-bond acceptors (Lipinski definition) is 4. The van der Waals surface area contributed by atoms with Crippen LogP contribution >= 0.6 is 0 Å². The number of aryl methyl sites for hydroxylation is 1. The number of aromatic carboxylic acids is 1. The van der Waals surface area contributed by atoms with E-state index < -0.39 is 5.97 Å². The summed E-state index contributed by atoms with van der Waals surface area (Å²) in [5, 5.41) is 11.7. The minimum absolute atomic E-state index is 0.0374. The Morgan fingerprint density at radius 1 is 1.47 bits per heavy atom. The highest BCUT2D eigenvalue weighted by Crippen LogP contribution is 2.14. The first-order chi connectivity index (χ1) is 7.91. The Balaban J connectivity index is 2.52. The number of amides is 1. The first-order valence-corrected chi connectivity index (χ1v) is 5.15. The van der Waals surface area contributed by atoms with E-state index in [2.05, 4.69) is 5.32 Å². The summed E-state index contributed by atoms with van der Waals surface area (Å²) in [6.45, 7) is 2.30. The van der Waals surface area contributed by atoms with Gasteiger partial charge in [-0.1, -0.05) is 0 Å². The van der Waals surface area contributed by atoms with Gasteiger partial charge in [0.1, 0.15) is 5.76 Å². The van der Waals surface area contributed by atoms with Crippen LogP contribution in [0.2, 0.25) is 0 Å². The zero-order valence-corrected chi connectivity index (χ0v) is 10.1. The summed E-state index contributed by atoms with van der Waals surface area (Å²) in [6.07, 6.45) is 0. The van der Waals surface area contributed by atoms with Crippen LogP contribution < -0.4 is 5.32 Å². The molecule has 94 valence electrons. The molecular weight excluding hydrogens is 224 g/mol. The fraction of sp³-hybridized carbons (Fsp3) is 0.455. The van der Waals surface area contributed by atoms with E-state index in [1.54, 1.807) is 21.0 Å². The maximum atomic E-state index is 11.3. The number of carbonyl (C=O) groups is 2. The molecule has 1 heterocycles. The molecule has 0 aliphatic rings. The van der Waals surface area contributed by atoms with Crippen LogP contribution in [0.3, 0.4) is 0 Å². The molecule has 0 bridgehead atoms. The van der Waals surface area contributed by atoms with Crippen molar-refractivity contribution in [3.05, 3.63) is 23.2 Å². The van der Waals surface area contributed by atoms with E-state index in [4.69, 9.17) is 9.52 Å². The van der Waals surface area contributed by atoms with Gasteiger partial charge >= 0.3 is 5.97 Å². The summed E-state index contributed by atoms with van der Waals surface area (Å²) in [4.78, 5) is 23.4. The molecule has 0 atom stereocenters. The number of carboxylic acid groups (broad SMARTS) is 1. The highest BCUT2D eigenvalue weighted by molar-refractivity contribution is 5.84. The standard InChI is InChI=1S/C11H16N2O4/c1-7-8(4-9(17-7)11(15)16)5-12-6-10(14)13(2)3/h4,12H,5-6H2,1-3H3,(H,15,16). The molecule has 0 spiro atoms. The summed E-state index contributed by atoms with van der Waals surface area (Å²) >= 11 is 0. The third kappa shape index (κ3) is 3.60. The lowest BCUT2D eigenvalue weighted by molar-refractivity contribution is -0.127. The van der Waals surface area contributed by atoms with Crippen LogP contribution in [0.1, 0.15) is 21.9 Å². The van der Waals surface area contributed by atoms with E-state index in [1.807, 2.05) is 0 Å². The molecule has 0 unspecified atom stereocenters. The number of carbonyl (C=O) groups excluding carboxylic acids is 1. The molecule has 1 rings (SSSR count). The lowest BCUT2D eigenvalue weighted by Crippen LogP contribution is -2.32. The third-order valence-corrected chi connectivity index (χ3v) is 2.32. The number of furan rings is 1. The summed E-state index contributed by atoms with van der Waals surface area (Å²) in [5.74, 6) is -0.668. The van der Waals surface area contributed by atoms with Crippen LogP contribution in [0.5, 0.6) is 0 Å². The van der Waals surface area contributed by atoms with Gasteiger partial charge in [0.2, 0.25) is 11.7 Å². The van der Waals surface area contributed by atoms with E-state index in [0.717, 1.165) is 5.56 Å². The van der Waals surface area contributed by atoms with Gasteiger partial charge in [0.05, 0.1) is 6.54 Å². The predicted molar refractivity (Wildman–Crippen MR) is 60.8 cm³/mol. The third-order valence-electron chi connectivity index (χ3n) is 2.32. The van der Waals surface area contributed by atoms with E-state index in [-0.39, 0.29) is 18.2 Å². The highest BCUT2D eigenvalue weighted by atomic mass is 16.4. The van der Waals surface area contributed by atoms with Gasteiger partial charge in [-0.2, -0.15) is 0 Å². The Bertz CT molecular complexity index is 423. The second-order valence-electron chi connectivity index (χ2n) is 3.89. The van der Waals surface area contributed by atoms with E-state index in [1.165, 1.54) is 11.0 Å². The number of nitrogens with one attached hydrogen (secondary N) is 1. The molecule has 0 radical (unpaired) electrons. The second-order valence-corrected chi connectivity index (χ2v) is 3.89. The Morgan fingerprint density at radius 2 is 2.12 bits per heavy atom. The SMILES string of the molecule is Cc1oc(C(=O)O)cc1CNCC(=O)N(C)C. The Kier molecular flexibility index (Phi) is 4.28. The van der Waals surface area contributed by atoms with Crippen molar-refractivity contribution in [2.24, 2.45) is 0 Å². The molecular formula is C11H16N2O4. The van der Waals surface area contributed by atoms with Gasteiger partial charge in [0, 0.05) is 26.2 Å². The molecule has 6 heteroatoms. The summed E-state index contributed by atoms with van der Waals surface area (Å²) in [5.41, 5.74) is 0.744. The molecule has 6 nitrogen and oxygen atoms in total. The predicted octanol–water partition coefficient (Wildman–Crippen LogP) is 0.464. The number of likely N-dealkylation sites (N-methyl/N-ethyl adjacent to an activating group) is 1. The van der Waals surface area contributed by atoms with Gasteiger partial charge < -0.3 is 19.7 Å². The van der Waals surface area contributed by atoms with Crippen molar-refractivity contribution in [1.29, 1.82) is 0 Å². The zero-order chi connectivity index (χ0) is 13.0. The van der Waals surface area contributed by atoms with E-state index in [9.17, 15) is 9.59 Å². The molecule has 1 amide bonds. The van der Waals surface area contributed by atoms with E-state index >= 15 is 0 Å². The number of nitrogens with zero attached hydrogens (tertiary/aromatic N) is 1. The first kappa shape index (κ1) is 13.2. The minimum Gasteiger partial charge on any atom is -0.475 e. The molecule has 1 aromatic rings. The van der Waals surface area contributed by atoms with Crippen molar-refractivity contribution in [2.75, 3.05) is 20.6 Å². The smallest absolute Gasteiger partial charge is 0.371 e. The number of rotatable bonds is 5. The highest BCUT2D eigenvalue weighted by Gasteiger charge is 2.13. The maximum Gasteiger partial charge on any atom is 0.371 e. The Hall–Kier alpha value is -1.82. The van der Waals surface area contributed by atoms with Crippen LogP contribution in [-0.2, 0) is 11.3 Å². The monoisotopic (exact) mass is 240 g/mol. The van der Waals surface area contributed by atoms with Crippen molar-refractivity contribution in [3.63, 3.8) is 0 Å². The van der Waals surface area contributed by atoms with Crippen LogP contribution in [0, 0.1) is 6.92 Å². The second kappa shape index (κ2) is 5.49. The molecule has 2 N–H and O–H groups in total. The number of carboxylic acids is 1. The van der Waals surface area contributed by atoms with Crippen LogP contribution in [0.15, 0.2) is 10.5 Å². The van der Waals surface area contributed by atoms with Crippen LogP contribution in [-0.4, -0.2) is 42.5 Å². The van der Waals surface area contributed by atoms with Gasteiger partial charge in [-0.15, -0.1) is 0 Å². The normalized spacial score (nSPS) is 10.3. The summed E-state index contributed by atoms with van der Waals surface area (Å²) in [6, 6.07) is 1.46. The molecule has 17 heavy (non-hydrogen) atoms.